The molecule has 0 aliphatic carbocycles. The van der Waals surface area contributed by atoms with Gasteiger partial charge in [0.1, 0.15) is 0 Å². The van der Waals surface area contributed by atoms with Gasteiger partial charge < -0.3 is 4.90 Å². The van der Waals surface area contributed by atoms with Crippen LogP contribution in [0.5, 0.6) is 0 Å². The molecule has 0 fully saturated rings. The van der Waals surface area contributed by atoms with Gasteiger partial charge in [0.05, 0.1) is 0 Å². The number of hydrogen-bond donors (Lipinski definition) is 0. The number of allylic oxidation sites excluding steroid dienone is 3. The van der Waals surface area contributed by atoms with Crippen LogP contribution >= 0.6 is 0 Å². The SMILES string of the molecule is CC(=O)N1C\C=C/C=C(C)/N=C(\C)CC1. The normalized spacial score (nSPS) is 27.3. The number of rotatable bonds is 0. The van der Waals surface area contributed by atoms with E-state index in [9.17, 15) is 4.79 Å². The highest BCUT2D eigenvalue weighted by Gasteiger charge is 2.07. The van der Waals surface area contributed by atoms with E-state index in [1.807, 2.05) is 37.0 Å². The fraction of sp³-hybridized carbons (Fsp3) is 0.500. The lowest BCUT2D eigenvalue weighted by Gasteiger charge is -2.19. The highest BCUT2D eigenvalue weighted by atomic mass is 16.2. The Labute approximate surface area is 91.2 Å². The zero-order chi connectivity index (χ0) is 11.3. The number of carbonyl (C=O) groups is 1. The number of carbonyl (C=O) groups excluding carboxylic acids is 1. The smallest absolute Gasteiger partial charge is 0.219 e. The van der Waals surface area contributed by atoms with Crippen LogP contribution in [0.25, 0.3) is 0 Å². The fourth-order valence-electron chi connectivity index (χ4n) is 1.46. The Bertz CT molecular complexity index is 327. The zero-order valence-corrected chi connectivity index (χ0v) is 9.66. The number of hydrogen-bond acceptors (Lipinski definition) is 2. The molecule has 0 aromatic rings. The van der Waals surface area contributed by atoms with Crippen LogP contribution in [0.1, 0.15) is 27.2 Å². The monoisotopic (exact) mass is 206 g/mol. The molecule has 1 heterocycles. The predicted molar refractivity (Wildman–Crippen MR) is 62.9 cm³/mol. The summed E-state index contributed by atoms with van der Waals surface area (Å²) in [6, 6.07) is 0. The van der Waals surface area contributed by atoms with E-state index in [2.05, 4.69) is 4.99 Å². The third-order valence-corrected chi connectivity index (χ3v) is 2.36. The molecule has 0 aromatic heterocycles. The first-order valence-electron chi connectivity index (χ1n) is 5.22. The maximum atomic E-state index is 11.3. The lowest BCUT2D eigenvalue weighted by atomic mass is 10.2. The highest BCUT2D eigenvalue weighted by Crippen LogP contribution is 2.03. The maximum Gasteiger partial charge on any atom is 0.219 e. The molecular weight excluding hydrogens is 188 g/mol. The summed E-state index contributed by atoms with van der Waals surface area (Å²) in [5, 5.41) is 0. The van der Waals surface area contributed by atoms with Crippen LogP contribution in [0.4, 0.5) is 0 Å². The van der Waals surface area contributed by atoms with E-state index >= 15 is 0 Å². The molecule has 82 valence electrons. The molecular formula is C12H18N2O. The van der Waals surface area contributed by atoms with E-state index in [1.54, 1.807) is 6.92 Å². The molecule has 0 saturated heterocycles. The van der Waals surface area contributed by atoms with Gasteiger partial charge in [0.15, 0.2) is 0 Å². The summed E-state index contributed by atoms with van der Waals surface area (Å²) < 4.78 is 0. The molecule has 1 amide bonds. The Kier molecular flexibility index (Phi) is 4.28. The second kappa shape index (κ2) is 5.49. The van der Waals surface area contributed by atoms with Crippen molar-refractivity contribution >= 4 is 11.6 Å². The quantitative estimate of drug-likeness (QED) is 0.597. The highest BCUT2D eigenvalue weighted by molar-refractivity contribution is 5.83. The molecule has 1 aliphatic heterocycles. The molecule has 0 spiro atoms. The van der Waals surface area contributed by atoms with Gasteiger partial charge in [-0.1, -0.05) is 12.2 Å². The van der Waals surface area contributed by atoms with Gasteiger partial charge in [0, 0.05) is 37.8 Å². The van der Waals surface area contributed by atoms with Gasteiger partial charge in [-0.25, -0.2) is 0 Å². The third-order valence-electron chi connectivity index (χ3n) is 2.36. The van der Waals surface area contributed by atoms with Crippen molar-refractivity contribution in [2.24, 2.45) is 4.99 Å². The first-order valence-corrected chi connectivity index (χ1v) is 5.22. The largest absolute Gasteiger partial charge is 0.339 e. The van der Waals surface area contributed by atoms with Crippen LogP contribution < -0.4 is 0 Å². The lowest BCUT2D eigenvalue weighted by Crippen LogP contribution is -2.31. The Morgan fingerprint density at radius 3 is 2.87 bits per heavy atom. The van der Waals surface area contributed by atoms with Crippen LogP contribution in [0, 0.1) is 0 Å². The van der Waals surface area contributed by atoms with Crippen LogP contribution in [0.3, 0.4) is 0 Å². The molecule has 3 nitrogen and oxygen atoms in total. The summed E-state index contributed by atoms with van der Waals surface area (Å²) in [6.45, 7) is 7.03. The average molecular weight is 206 g/mol. The van der Waals surface area contributed by atoms with Crippen molar-refractivity contribution in [1.82, 2.24) is 4.90 Å². The van der Waals surface area contributed by atoms with Gasteiger partial charge in [0.2, 0.25) is 5.91 Å². The second-order valence-corrected chi connectivity index (χ2v) is 3.80. The minimum Gasteiger partial charge on any atom is -0.339 e. The predicted octanol–water partition coefficient (Wildman–Crippen LogP) is 2.16. The van der Waals surface area contributed by atoms with Gasteiger partial charge >= 0.3 is 0 Å². The number of aliphatic imine (C=N–C) groups is 1. The standard InChI is InChI=1S/C12H18N2O/c1-10-6-4-5-8-14(12(3)15)9-7-11(2)13-10/h4-6H,7-9H2,1-3H3/b5-4-,10-6+,13-11+. The van der Waals surface area contributed by atoms with Crippen molar-refractivity contribution in [2.45, 2.75) is 27.2 Å². The molecule has 1 rings (SSSR count). The van der Waals surface area contributed by atoms with Crippen molar-refractivity contribution in [3.8, 4) is 0 Å². The Morgan fingerprint density at radius 1 is 1.47 bits per heavy atom. The van der Waals surface area contributed by atoms with Crippen LogP contribution in [-0.2, 0) is 4.79 Å². The van der Waals surface area contributed by atoms with Crippen LogP contribution in [0.2, 0.25) is 0 Å². The molecule has 0 bridgehead atoms. The molecule has 0 atom stereocenters. The molecule has 3 heteroatoms. The van der Waals surface area contributed by atoms with Crippen LogP contribution in [0.15, 0.2) is 28.9 Å². The minimum absolute atomic E-state index is 0.119. The number of nitrogens with zero attached hydrogens (tertiary/aromatic N) is 2. The molecule has 0 aromatic carbocycles. The molecule has 15 heavy (non-hydrogen) atoms. The van der Waals surface area contributed by atoms with Crippen molar-refractivity contribution in [3.05, 3.63) is 23.9 Å². The summed E-state index contributed by atoms with van der Waals surface area (Å²) in [6.07, 6.45) is 6.75. The number of amides is 1. The minimum atomic E-state index is 0.119. The van der Waals surface area contributed by atoms with Gasteiger partial charge in [0.25, 0.3) is 0 Å². The van der Waals surface area contributed by atoms with Gasteiger partial charge in [-0.2, -0.15) is 0 Å². The Morgan fingerprint density at radius 2 is 2.20 bits per heavy atom. The molecule has 0 saturated carbocycles. The molecule has 1 aliphatic rings. The summed E-state index contributed by atoms with van der Waals surface area (Å²) in [5.74, 6) is 0.119. The fourth-order valence-corrected chi connectivity index (χ4v) is 1.46. The van der Waals surface area contributed by atoms with Crippen molar-refractivity contribution in [3.63, 3.8) is 0 Å². The lowest BCUT2D eigenvalue weighted by molar-refractivity contribution is -0.128. The average Bonchev–Trinajstić information content (AvgIpc) is 2.15. The van der Waals surface area contributed by atoms with E-state index in [0.29, 0.717) is 6.54 Å². The van der Waals surface area contributed by atoms with Crippen LogP contribution in [-0.4, -0.2) is 29.6 Å². The van der Waals surface area contributed by atoms with E-state index in [4.69, 9.17) is 0 Å². The van der Waals surface area contributed by atoms with Gasteiger partial charge in [-0.05, 0) is 19.9 Å². The zero-order valence-electron chi connectivity index (χ0n) is 9.66. The van der Waals surface area contributed by atoms with Crippen molar-refractivity contribution < 1.29 is 4.79 Å². The third kappa shape index (κ3) is 4.11. The first kappa shape index (κ1) is 11.7. The van der Waals surface area contributed by atoms with E-state index in [1.165, 1.54) is 0 Å². The van der Waals surface area contributed by atoms with E-state index < -0.39 is 0 Å². The van der Waals surface area contributed by atoms with Crippen molar-refractivity contribution in [1.29, 1.82) is 0 Å². The molecule has 0 unspecified atom stereocenters. The summed E-state index contributed by atoms with van der Waals surface area (Å²) in [7, 11) is 0. The second-order valence-electron chi connectivity index (χ2n) is 3.80. The molecule has 0 N–H and O–H groups in total. The topological polar surface area (TPSA) is 32.7 Å². The van der Waals surface area contributed by atoms with Gasteiger partial charge in [-0.15, -0.1) is 0 Å². The maximum absolute atomic E-state index is 11.3. The summed E-state index contributed by atoms with van der Waals surface area (Å²) in [5.41, 5.74) is 2.09. The first-order chi connectivity index (χ1) is 7.09. The van der Waals surface area contributed by atoms with Crippen molar-refractivity contribution in [2.75, 3.05) is 13.1 Å². The Hall–Kier alpha value is -1.38. The summed E-state index contributed by atoms with van der Waals surface area (Å²) >= 11 is 0. The van der Waals surface area contributed by atoms with E-state index in [0.717, 1.165) is 24.4 Å². The van der Waals surface area contributed by atoms with E-state index in [-0.39, 0.29) is 5.91 Å². The summed E-state index contributed by atoms with van der Waals surface area (Å²) in [4.78, 5) is 17.5. The van der Waals surface area contributed by atoms with Gasteiger partial charge in [-0.3, -0.25) is 9.79 Å². The Balaban J connectivity index is 2.79. The molecule has 0 radical (unpaired) electrons.